The van der Waals surface area contributed by atoms with E-state index in [9.17, 15) is 5.11 Å². The normalized spacial score (nSPS) is 13.6. The number of hydrogen-bond acceptors (Lipinski definition) is 2. The molecule has 5 heteroatoms. The van der Waals surface area contributed by atoms with Crippen molar-refractivity contribution in [3.05, 3.63) is 170 Å². The summed E-state index contributed by atoms with van der Waals surface area (Å²) in [7, 11) is -0.984. The van der Waals surface area contributed by atoms with Gasteiger partial charge in [-0.15, -0.1) is 0 Å². The van der Waals surface area contributed by atoms with Gasteiger partial charge in [0.15, 0.2) is 8.07 Å². The van der Waals surface area contributed by atoms with Crippen molar-refractivity contribution in [3.8, 4) is 27.9 Å². The van der Waals surface area contributed by atoms with Crippen molar-refractivity contribution in [1.29, 1.82) is 0 Å². The lowest BCUT2D eigenvalue weighted by molar-refractivity contribution is -0.0893. The summed E-state index contributed by atoms with van der Waals surface area (Å²) in [6, 6.07) is 62.5. The molecular weight excluding hydrogens is 661 g/mol. The highest BCUT2D eigenvalue weighted by Crippen LogP contribution is 2.34. The first-order valence-electron chi connectivity index (χ1n) is 18.4. The fraction of sp³-hybridized carbons (Fsp3) is 0.125. The first kappa shape index (κ1) is 33.4. The molecule has 9 rings (SSSR count). The maximum atomic E-state index is 10.7. The number of fused-ring (bicyclic) bond motifs is 6. The maximum Gasteiger partial charge on any atom is 0.330 e. The second kappa shape index (κ2) is 12.6. The number of rotatable bonds is 8. The third-order valence-corrected chi connectivity index (χ3v) is 16.5. The van der Waals surface area contributed by atoms with E-state index in [1.54, 1.807) is 21.3 Å². The van der Waals surface area contributed by atoms with Gasteiger partial charge in [0.25, 0.3) is 0 Å². The average molecular weight is 703 g/mol. The summed E-state index contributed by atoms with van der Waals surface area (Å²) in [5.41, 5.74) is 7.83. The van der Waals surface area contributed by atoms with Crippen LogP contribution in [0.5, 0.6) is 0 Å². The summed E-state index contributed by atoms with van der Waals surface area (Å²) in [4.78, 5) is 0. The van der Waals surface area contributed by atoms with E-state index in [0.717, 1.165) is 11.2 Å². The molecule has 0 saturated heterocycles. The molecule has 7 aromatic carbocycles. The smallest absolute Gasteiger partial charge is 0.330 e. The standard InChI is InChI=1S/C48H41BNO2Si/c1-47(2,51)48(3,4)52-49-35-24-28-37(29-25-35)53(45-20-12-9-17-40(45)41-18-10-13-21-46(41)53)38-30-31-44-42(32-38)39-16-8-11-19-43(39)50(44)36-26-22-34(23-27-36)33-14-6-5-7-15-33/h5-32,51H,1-4H3. The van der Waals surface area contributed by atoms with Gasteiger partial charge in [-0.1, -0.05) is 151 Å². The van der Waals surface area contributed by atoms with Crippen LogP contribution in [0.2, 0.25) is 0 Å². The van der Waals surface area contributed by atoms with E-state index >= 15 is 0 Å². The van der Waals surface area contributed by atoms with Crippen molar-refractivity contribution >= 4 is 63.6 Å². The van der Waals surface area contributed by atoms with Crippen molar-refractivity contribution in [1.82, 2.24) is 4.57 Å². The van der Waals surface area contributed by atoms with Crippen LogP contribution in [-0.4, -0.2) is 36.4 Å². The van der Waals surface area contributed by atoms with Crippen LogP contribution in [0.3, 0.4) is 0 Å². The van der Waals surface area contributed by atoms with Crippen LogP contribution in [0.25, 0.3) is 49.7 Å². The van der Waals surface area contributed by atoms with Gasteiger partial charge in [-0.05, 0) is 95.0 Å². The Labute approximate surface area is 313 Å². The molecule has 0 atom stereocenters. The Morgan fingerprint density at radius 2 is 1.08 bits per heavy atom. The third-order valence-electron chi connectivity index (χ3n) is 11.6. The first-order chi connectivity index (χ1) is 25.7. The number of para-hydroxylation sites is 1. The molecule has 1 N–H and O–H groups in total. The summed E-state index contributed by atoms with van der Waals surface area (Å²) in [6.45, 7) is 7.40. The third kappa shape index (κ3) is 5.34. The molecule has 0 unspecified atom stereocenters. The van der Waals surface area contributed by atoms with Crippen molar-refractivity contribution in [2.24, 2.45) is 0 Å². The molecule has 0 spiro atoms. The zero-order valence-corrected chi connectivity index (χ0v) is 31.5. The van der Waals surface area contributed by atoms with Crippen LogP contribution in [-0.2, 0) is 4.65 Å². The van der Waals surface area contributed by atoms with E-state index in [-0.39, 0.29) is 0 Å². The van der Waals surface area contributed by atoms with Gasteiger partial charge in [-0.3, -0.25) is 0 Å². The van der Waals surface area contributed by atoms with Crippen LogP contribution in [0.1, 0.15) is 27.7 Å². The first-order valence-corrected chi connectivity index (χ1v) is 20.4. The monoisotopic (exact) mass is 702 g/mol. The fourth-order valence-electron chi connectivity index (χ4n) is 8.11. The van der Waals surface area contributed by atoms with E-state index in [0.29, 0.717) is 0 Å². The fourth-order valence-corrected chi connectivity index (χ4v) is 13.3. The van der Waals surface area contributed by atoms with Crippen molar-refractivity contribution in [2.45, 2.75) is 38.9 Å². The van der Waals surface area contributed by atoms with Gasteiger partial charge in [-0.2, -0.15) is 0 Å². The summed E-state index contributed by atoms with van der Waals surface area (Å²) in [5.74, 6) is 0. The zero-order chi connectivity index (χ0) is 36.4. The molecule has 0 fully saturated rings. The number of aromatic nitrogens is 1. The van der Waals surface area contributed by atoms with Crippen molar-refractivity contribution in [3.63, 3.8) is 0 Å². The second-order valence-corrected chi connectivity index (χ2v) is 19.0. The van der Waals surface area contributed by atoms with Crippen LogP contribution in [0.4, 0.5) is 0 Å². The lowest BCUT2D eigenvalue weighted by Gasteiger charge is -2.37. The van der Waals surface area contributed by atoms with Gasteiger partial charge >= 0.3 is 7.48 Å². The Kier molecular flexibility index (Phi) is 7.93. The Morgan fingerprint density at radius 3 is 1.74 bits per heavy atom. The highest BCUT2D eigenvalue weighted by Gasteiger charge is 2.48. The molecule has 0 amide bonds. The van der Waals surface area contributed by atoms with Gasteiger partial charge in [0, 0.05) is 16.5 Å². The Morgan fingerprint density at radius 1 is 0.528 bits per heavy atom. The van der Waals surface area contributed by atoms with E-state index in [1.807, 2.05) is 13.8 Å². The molecule has 1 aromatic heterocycles. The molecule has 0 saturated carbocycles. The summed E-state index contributed by atoms with van der Waals surface area (Å²) in [6.07, 6.45) is 0. The lowest BCUT2D eigenvalue weighted by Crippen LogP contribution is -2.72. The SMILES string of the molecule is CC(C)(O)C(C)(C)O[B]c1ccc([Si]2(c3ccc4c(c3)c3ccccc3n4-c3ccc(-c4ccccc4)cc3)c3ccccc3-c3ccccc32)cc1. The topological polar surface area (TPSA) is 34.4 Å². The highest BCUT2D eigenvalue weighted by molar-refractivity contribution is 7.22. The molecular formula is C48H41BNO2Si. The average Bonchev–Trinajstić information content (AvgIpc) is 3.68. The summed E-state index contributed by atoms with van der Waals surface area (Å²) >= 11 is 0. The molecule has 1 aliphatic heterocycles. The lowest BCUT2D eigenvalue weighted by atomic mass is 9.83. The van der Waals surface area contributed by atoms with Crippen LogP contribution in [0, 0.1) is 0 Å². The van der Waals surface area contributed by atoms with E-state index in [1.165, 1.54) is 64.8 Å². The molecule has 53 heavy (non-hydrogen) atoms. The Balaban J connectivity index is 1.22. The molecule has 0 aliphatic carbocycles. The van der Waals surface area contributed by atoms with Gasteiger partial charge in [-0.25, -0.2) is 0 Å². The maximum absolute atomic E-state index is 10.7. The van der Waals surface area contributed by atoms with Gasteiger partial charge in [0.05, 0.1) is 22.2 Å². The molecule has 0 bridgehead atoms. The predicted octanol–water partition coefficient (Wildman–Crippen LogP) is 7.62. The Hall–Kier alpha value is -5.46. The van der Waals surface area contributed by atoms with Gasteiger partial charge in [0.2, 0.25) is 0 Å². The minimum absolute atomic E-state index is 0.747. The minimum atomic E-state index is -2.76. The van der Waals surface area contributed by atoms with Crippen LogP contribution < -0.4 is 26.2 Å². The zero-order valence-electron chi connectivity index (χ0n) is 30.5. The van der Waals surface area contributed by atoms with Gasteiger partial charge < -0.3 is 14.3 Å². The highest BCUT2D eigenvalue weighted by atomic mass is 28.3. The molecule has 257 valence electrons. The quantitative estimate of drug-likeness (QED) is 0.166. The largest absolute Gasteiger partial charge is 0.427 e. The summed E-state index contributed by atoms with van der Waals surface area (Å²) in [5, 5.41) is 18.7. The number of hydrogen-bond donors (Lipinski definition) is 1. The predicted molar refractivity (Wildman–Crippen MR) is 226 cm³/mol. The van der Waals surface area contributed by atoms with E-state index in [4.69, 9.17) is 4.65 Å². The van der Waals surface area contributed by atoms with Crippen molar-refractivity contribution < 1.29 is 9.76 Å². The molecule has 8 aromatic rings. The number of aliphatic hydroxyl groups is 1. The molecule has 3 nitrogen and oxygen atoms in total. The van der Waals surface area contributed by atoms with Crippen LogP contribution >= 0.6 is 0 Å². The number of nitrogens with zero attached hydrogens (tertiary/aromatic N) is 1. The van der Waals surface area contributed by atoms with E-state index < -0.39 is 19.3 Å². The van der Waals surface area contributed by atoms with Gasteiger partial charge in [0.1, 0.15) is 0 Å². The summed E-state index contributed by atoms with van der Waals surface area (Å²) < 4.78 is 8.57. The second-order valence-electron chi connectivity index (χ2n) is 15.3. The molecule has 1 radical (unpaired) electrons. The minimum Gasteiger partial charge on any atom is -0.427 e. The molecule has 2 heterocycles. The van der Waals surface area contributed by atoms with Crippen LogP contribution in [0.15, 0.2) is 170 Å². The Bertz CT molecular complexity index is 2570. The molecule has 1 aliphatic rings. The van der Waals surface area contributed by atoms with Crippen molar-refractivity contribution in [2.75, 3.05) is 0 Å². The number of benzene rings is 7. The van der Waals surface area contributed by atoms with E-state index in [2.05, 4.69) is 174 Å².